The number of rotatable bonds is 3. The first-order valence-corrected chi connectivity index (χ1v) is 3.81. The van der Waals surface area contributed by atoms with Gasteiger partial charge in [0.25, 0.3) is 0 Å². The summed E-state index contributed by atoms with van der Waals surface area (Å²) in [6, 6.07) is 4.62. The van der Waals surface area contributed by atoms with Crippen LogP contribution in [0, 0.1) is 0 Å². The van der Waals surface area contributed by atoms with E-state index < -0.39 is 12.4 Å². The van der Waals surface area contributed by atoms with Gasteiger partial charge < -0.3 is 10.1 Å². The molecule has 0 saturated carbocycles. The van der Waals surface area contributed by atoms with Gasteiger partial charge in [0.15, 0.2) is 0 Å². The third-order valence-corrected chi connectivity index (χ3v) is 1.48. The van der Waals surface area contributed by atoms with E-state index in [0.717, 1.165) is 7.11 Å². The molecule has 6 heteroatoms. The maximum absolute atomic E-state index is 12.2. The lowest BCUT2D eigenvalue weighted by molar-refractivity contribution is -0.202. The number of ether oxygens (including phenoxy) is 1. The average Bonchev–Trinajstić information content (AvgIpc) is 2.14. The summed E-state index contributed by atoms with van der Waals surface area (Å²) in [6.45, 7) is 0. The molecular weight excluding hydrogens is 197 g/mol. The zero-order valence-electron chi connectivity index (χ0n) is 7.38. The molecule has 0 amide bonds. The van der Waals surface area contributed by atoms with E-state index in [1.54, 1.807) is 12.1 Å². The Morgan fingerprint density at radius 2 is 2.14 bits per heavy atom. The molecule has 0 fully saturated rings. The van der Waals surface area contributed by atoms with Crippen molar-refractivity contribution in [2.75, 3.05) is 12.4 Å². The van der Waals surface area contributed by atoms with E-state index in [2.05, 4.69) is 15.0 Å². The molecule has 1 rings (SSSR count). The second-order valence-electron chi connectivity index (χ2n) is 2.52. The molecule has 1 aromatic rings. The van der Waals surface area contributed by atoms with Crippen LogP contribution in [0.3, 0.4) is 0 Å². The summed E-state index contributed by atoms with van der Waals surface area (Å²) in [5, 5.41) is 2.11. The van der Waals surface area contributed by atoms with Crippen molar-refractivity contribution >= 4 is 5.82 Å². The first-order valence-electron chi connectivity index (χ1n) is 3.81. The topological polar surface area (TPSA) is 34.1 Å². The number of nitrogens with one attached hydrogen (secondary N) is 1. The molecule has 1 heterocycles. The van der Waals surface area contributed by atoms with Crippen molar-refractivity contribution in [3.05, 3.63) is 24.4 Å². The molecule has 0 aliphatic carbocycles. The van der Waals surface area contributed by atoms with Gasteiger partial charge in [0.1, 0.15) is 5.82 Å². The number of hydrogen-bond acceptors (Lipinski definition) is 3. The fraction of sp³-hybridized carbons (Fsp3) is 0.375. The summed E-state index contributed by atoms with van der Waals surface area (Å²) in [5.74, 6) is 0.122. The number of alkyl halides is 3. The zero-order valence-corrected chi connectivity index (χ0v) is 7.38. The summed E-state index contributed by atoms with van der Waals surface area (Å²) in [5.41, 5.74) is 0. The number of anilines is 1. The highest BCUT2D eigenvalue weighted by molar-refractivity contribution is 5.34. The highest BCUT2D eigenvalue weighted by Gasteiger charge is 2.40. The molecule has 14 heavy (non-hydrogen) atoms. The molecular formula is C8H9F3N2O. The summed E-state index contributed by atoms with van der Waals surface area (Å²) in [7, 11) is 0.980. The van der Waals surface area contributed by atoms with Crippen LogP contribution in [0.5, 0.6) is 0 Å². The maximum atomic E-state index is 12.2. The fourth-order valence-electron chi connectivity index (χ4n) is 0.857. The minimum atomic E-state index is -4.45. The van der Waals surface area contributed by atoms with Crippen LogP contribution in [0.2, 0.25) is 0 Å². The molecule has 78 valence electrons. The Balaban J connectivity index is 2.67. The lowest BCUT2D eigenvalue weighted by Gasteiger charge is -2.19. The largest absolute Gasteiger partial charge is 0.433 e. The molecule has 1 N–H and O–H groups in total. The van der Waals surface area contributed by atoms with Crippen LogP contribution in [0.1, 0.15) is 0 Å². The van der Waals surface area contributed by atoms with Crippen LogP contribution in [0.25, 0.3) is 0 Å². The van der Waals surface area contributed by atoms with Gasteiger partial charge in [-0.25, -0.2) is 4.98 Å². The summed E-state index contributed by atoms with van der Waals surface area (Å²) < 4.78 is 40.8. The Kier molecular flexibility index (Phi) is 3.29. The standard InChI is InChI=1S/C8H9F3N2O/c1-14-7(8(9,10)11)13-6-4-2-3-5-12-6/h2-5,7H,1H3,(H,12,13). The highest BCUT2D eigenvalue weighted by Crippen LogP contribution is 2.23. The lowest BCUT2D eigenvalue weighted by Crippen LogP contribution is -2.37. The SMILES string of the molecule is COC(Nc1ccccn1)C(F)(F)F. The van der Waals surface area contributed by atoms with Gasteiger partial charge in [0.05, 0.1) is 0 Å². The van der Waals surface area contributed by atoms with E-state index in [0.29, 0.717) is 0 Å². The predicted octanol–water partition coefficient (Wildman–Crippen LogP) is 2.03. The van der Waals surface area contributed by atoms with E-state index >= 15 is 0 Å². The smallest absolute Gasteiger partial charge is 0.353 e. The fourth-order valence-corrected chi connectivity index (χ4v) is 0.857. The Morgan fingerprint density at radius 1 is 1.43 bits per heavy atom. The van der Waals surface area contributed by atoms with Crippen molar-refractivity contribution in [2.45, 2.75) is 12.4 Å². The first kappa shape index (κ1) is 10.8. The zero-order chi connectivity index (χ0) is 10.6. The number of aromatic nitrogens is 1. The normalized spacial score (nSPS) is 13.7. The maximum Gasteiger partial charge on any atom is 0.433 e. The number of nitrogens with zero attached hydrogens (tertiary/aromatic N) is 1. The van der Waals surface area contributed by atoms with Gasteiger partial charge in [0.2, 0.25) is 6.23 Å². The van der Waals surface area contributed by atoms with Gasteiger partial charge in [0, 0.05) is 13.3 Å². The van der Waals surface area contributed by atoms with Crippen molar-refractivity contribution < 1.29 is 17.9 Å². The summed E-state index contributed by atoms with van der Waals surface area (Å²) >= 11 is 0. The summed E-state index contributed by atoms with van der Waals surface area (Å²) in [6.07, 6.45) is -5.09. The van der Waals surface area contributed by atoms with Gasteiger partial charge in [-0.1, -0.05) is 6.07 Å². The Labute approximate surface area is 78.9 Å². The first-order chi connectivity index (χ1) is 6.54. The van der Waals surface area contributed by atoms with Crippen LogP contribution in [-0.2, 0) is 4.74 Å². The van der Waals surface area contributed by atoms with Crippen LogP contribution < -0.4 is 5.32 Å². The number of methoxy groups -OCH3 is 1. The van der Waals surface area contributed by atoms with E-state index in [-0.39, 0.29) is 5.82 Å². The Morgan fingerprint density at radius 3 is 2.57 bits per heavy atom. The van der Waals surface area contributed by atoms with Crippen molar-refractivity contribution in [3.8, 4) is 0 Å². The molecule has 0 aliphatic heterocycles. The van der Waals surface area contributed by atoms with Crippen LogP contribution in [0.15, 0.2) is 24.4 Å². The quantitative estimate of drug-likeness (QED) is 0.768. The third-order valence-electron chi connectivity index (χ3n) is 1.48. The average molecular weight is 206 g/mol. The van der Waals surface area contributed by atoms with Gasteiger partial charge in [-0.3, -0.25) is 0 Å². The van der Waals surface area contributed by atoms with Gasteiger partial charge in [-0.15, -0.1) is 0 Å². The minimum Gasteiger partial charge on any atom is -0.353 e. The predicted molar refractivity (Wildman–Crippen MR) is 44.7 cm³/mol. The molecule has 0 bridgehead atoms. The lowest BCUT2D eigenvalue weighted by atomic mass is 10.4. The minimum absolute atomic E-state index is 0.122. The second kappa shape index (κ2) is 4.28. The molecule has 1 aromatic heterocycles. The van der Waals surface area contributed by atoms with E-state index in [1.165, 1.54) is 12.3 Å². The number of hydrogen-bond donors (Lipinski definition) is 1. The third kappa shape index (κ3) is 2.88. The molecule has 0 spiro atoms. The molecule has 1 atom stereocenters. The Hall–Kier alpha value is -1.30. The molecule has 0 aromatic carbocycles. The van der Waals surface area contributed by atoms with Crippen LogP contribution >= 0.6 is 0 Å². The van der Waals surface area contributed by atoms with Gasteiger partial charge in [-0.05, 0) is 12.1 Å². The van der Waals surface area contributed by atoms with Crippen LogP contribution in [0.4, 0.5) is 19.0 Å². The molecule has 0 saturated heterocycles. The number of pyridine rings is 1. The van der Waals surface area contributed by atoms with Crippen molar-refractivity contribution in [1.29, 1.82) is 0 Å². The number of halogens is 3. The molecule has 3 nitrogen and oxygen atoms in total. The van der Waals surface area contributed by atoms with Crippen molar-refractivity contribution in [2.24, 2.45) is 0 Å². The van der Waals surface area contributed by atoms with E-state index in [4.69, 9.17) is 0 Å². The highest BCUT2D eigenvalue weighted by atomic mass is 19.4. The van der Waals surface area contributed by atoms with Crippen molar-refractivity contribution in [1.82, 2.24) is 4.98 Å². The van der Waals surface area contributed by atoms with Gasteiger partial charge >= 0.3 is 6.18 Å². The molecule has 0 radical (unpaired) electrons. The molecule has 0 aliphatic rings. The van der Waals surface area contributed by atoms with E-state index in [1.807, 2.05) is 0 Å². The summed E-state index contributed by atoms with van der Waals surface area (Å²) in [4.78, 5) is 3.69. The van der Waals surface area contributed by atoms with Crippen molar-refractivity contribution in [3.63, 3.8) is 0 Å². The monoisotopic (exact) mass is 206 g/mol. The molecule has 1 unspecified atom stereocenters. The van der Waals surface area contributed by atoms with Gasteiger partial charge in [-0.2, -0.15) is 13.2 Å². The van der Waals surface area contributed by atoms with E-state index in [9.17, 15) is 13.2 Å². The van der Waals surface area contributed by atoms with Crippen LogP contribution in [-0.4, -0.2) is 24.5 Å². The second-order valence-corrected chi connectivity index (χ2v) is 2.52. The Bertz CT molecular complexity index is 276.